The van der Waals surface area contributed by atoms with Gasteiger partial charge in [0.15, 0.2) is 9.84 Å². The molecule has 0 bridgehead atoms. The molecule has 1 unspecified atom stereocenters. The van der Waals surface area contributed by atoms with E-state index in [9.17, 15) is 8.42 Å². The second kappa shape index (κ2) is 6.17. The molecule has 5 heteroatoms. The lowest BCUT2D eigenvalue weighted by Crippen LogP contribution is -2.32. The molecule has 1 aromatic rings. The quantitative estimate of drug-likeness (QED) is 0.907. The van der Waals surface area contributed by atoms with Crippen molar-refractivity contribution >= 4 is 9.84 Å². The minimum absolute atomic E-state index is 0.0931. The molecular formula is C16H22N2O2S. The molecule has 21 heavy (non-hydrogen) atoms. The van der Waals surface area contributed by atoms with Crippen LogP contribution in [0.4, 0.5) is 0 Å². The van der Waals surface area contributed by atoms with Crippen molar-refractivity contribution in [3.8, 4) is 6.07 Å². The molecule has 0 spiro atoms. The smallest absolute Gasteiger partial charge is 0.179 e. The van der Waals surface area contributed by atoms with Gasteiger partial charge in [0, 0.05) is 12.6 Å². The van der Waals surface area contributed by atoms with Crippen molar-refractivity contribution in [1.29, 1.82) is 5.26 Å². The van der Waals surface area contributed by atoms with Gasteiger partial charge in [0.25, 0.3) is 0 Å². The number of nitriles is 1. The van der Waals surface area contributed by atoms with E-state index in [0.717, 1.165) is 12.8 Å². The fraction of sp³-hybridized carbons (Fsp3) is 0.562. The number of benzene rings is 1. The third-order valence-electron chi connectivity index (χ3n) is 4.11. The van der Waals surface area contributed by atoms with Crippen molar-refractivity contribution in [3.05, 3.63) is 29.8 Å². The zero-order valence-corrected chi connectivity index (χ0v) is 13.4. The van der Waals surface area contributed by atoms with Gasteiger partial charge in [-0.3, -0.25) is 0 Å². The van der Waals surface area contributed by atoms with Crippen LogP contribution in [0.3, 0.4) is 0 Å². The summed E-state index contributed by atoms with van der Waals surface area (Å²) in [5.41, 5.74) is 0.837. The molecule has 1 fully saturated rings. The van der Waals surface area contributed by atoms with E-state index in [1.165, 1.54) is 18.6 Å². The van der Waals surface area contributed by atoms with E-state index in [0.29, 0.717) is 23.6 Å². The van der Waals surface area contributed by atoms with Gasteiger partial charge in [-0.1, -0.05) is 13.8 Å². The highest BCUT2D eigenvalue weighted by Crippen LogP contribution is 2.36. The number of rotatable bonds is 5. The first-order valence-corrected chi connectivity index (χ1v) is 8.94. The maximum absolute atomic E-state index is 12.2. The lowest BCUT2D eigenvalue weighted by Gasteiger charge is -2.17. The van der Waals surface area contributed by atoms with Crippen molar-refractivity contribution in [3.63, 3.8) is 0 Å². The Morgan fingerprint density at radius 1 is 1.33 bits per heavy atom. The first-order chi connectivity index (χ1) is 9.82. The minimum Gasteiger partial charge on any atom is -0.313 e. The van der Waals surface area contributed by atoms with E-state index in [2.05, 4.69) is 19.2 Å². The lowest BCUT2D eigenvalue weighted by atomic mass is 9.92. The molecular weight excluding hydrogens is 284 g/mol. The molecule has 114 valence electrons. The Morgan fingerprint density at radius 2 is 2.00 bits per heavy atom. The highest BCUT2D eigenvalue weighted by Gasteiger charge is 2.30. The molecule has 1 atom stereocenters. The lowest BCUT2D eigenvalue weighted by molar-refractivity contribution is 0.366. The molecule has 1 aromatic carbocycles. The van der Waals surface area contributed by atoms with Gasteiger partial charge in [-0.05, 0) is 48.9 Å². The van der Waals surface area contributed by atoms with Gasteiger partial charge in [0.05, 0.1) is 22.3 Å². The summed E-state index contributed by atoms with van der Waals surface area (Å²) in [5, 5.41) is 12.1. The largest absolute Gasteiger partial charge is 0.313 e. The molecule has 0 saturated heterocycles. The topological polar surface area (TPSA) is 70.0 Å². The highest BCUT2D eigenvalue weighted by atomic mass is 32.2. The zero-order chi connectivity index (χ0) is 15.5. The predicted molar refractivity (Wildman–Crippen MR) is 82.6 cm³/mol. The molecule has 0 aromatic heterocycles. The standard InChI is InChI=1S/C16H22N2O2S/c1-16(2)8-7-14(11-16)18-9-10-21(19,20)15-5-3-13(12-17)4-6-15/h3-6,14,18H,7-11H2,1-2H3. The maximum atomic E-state index is 12.2. The Labute approximate surface area is 127 Å². The Kier molecular flexibility index (Phi) is 4.70. The summed E-state index contributed by atoms with van der Waals surface area (Å²) in [5.74, 6) is 0.0931. The fourth-order valence-electron chi connectivity index (χ4n) is 2.86. The van der Waals surface area contributed by atoms with Crippen LogP contribution >= 0.6 is 0 Å². The van der Waals surface area contributed by atoms with Crippen LogP contribution in [-0.2, 0) is 9.84 Å². The summed E-state index contributed by atoms with van der Waals surface area (Å²) in [7, 11) is -3.28. The van der Waals surface area contributed by atoms with Crippen molar-refractivity contribution in [2.24, 2.45) is 5.41 Å². The summed E-state index contributed by atoms with van der Waals surface area (Å²) in [6.07, 6.45) is 3.40. The molecule has 1 saturated carbocycles. The van der Waals surface area contributed by atoms with E-state index >= 15 is 0 Å². The highest BCUT2D eigenvalue weighted by molar-refractivity contribution is 7.91. The van der Waals surface area contributed by atoms with Gasteiger partial charge >= 0.3 is 0 Å². The van der Waals surface area contributed by atoms with E-state index < -0.39 is 9.84 Å². The normalized spacial score (nSPS) is 21.1. The summed E-state index contributed by atoms with van der Waals surface area (Å²) in [4.78, 5) is 0.287. The van der Waals surface area contributed by atoms with Crippen LogP contribution < -0.4 is 5.32 Å². The monoisotopic (exact) mass is 306 g/mol. The van der Waals surface area contributed by atoms with Crippen molar-refractivity contribution < 1.29 is 8.42 Å². The second-order valence-corrected chi connectivity index (χ2v) is 8.62. The van der Waals surface area contributed by atoms with Crippen LogP contribution in [0.5, 0.6) is 0 Å². The minimum atomic E-state index is -3.28. The Hall–Kier alpha value is -1.38. The summed E-state index contributed by atoms with van der Waals surface area (Å²) in [6.45, 7) is 4.98. The van der Waals surface area contributed by atoms with Gasteiger partial charge in [0.2, 0.25) is 0 Å². The van der Waals surface area contributed by atoms with Gasteiger partial charge in [-0.15, -0.1) is 0 Å². The van der Waals surface area contributed by atoms with Crippen molar-refractivity contribution in [2.45, 2.75) is 44.0 Å². The SMILES string of the molecule is CC1(C)CCC(NCCS(=O)(=O)c2ccc(C#N)cc2)C1. The third-order valence-corrected chi connectivity index (χ3v) is 5.85. The van der Waals surface area contributed by atoms with Crippen LogP contribution in [0.2, 0.25) is 0 Å². The first-order valence-electron chi connectivity index (χ1n) is 7.29. The van der Waals surface area contributed by atoms with Crippen LogP contribution in [-0.4, -0.2) is 26.8 Å². The van der Waals surface area contributed by atoms with Crippen LogP contribution in [0.15, 0.2) is 29.2 Å². The molecule has 1 aliphatic carbocycles. The third kappa shape index (κ3) is 4.29. The molecule has 0 aliphatic heterocycles. The molecule has 1 aliphatic rings. The van der Waals surface area contributed by atoms with Crippen molar-refractivity contribution in [1.82, 2.24) is 5.32 Å². The Balaban J connectivity index is 1.88. The van der Waals surface area contributed by atoms with E-state index in [-0.39, 0.29) is 10.6 Å². The number of hydrogen-bond acceptors (Lipinski definition) is 4. The molecule has 0 heterocycles. The zero-order valence-electron chi connectivity index (χ0n) is 12.6. The first kappa shape index (κ1) is 16.0. The van der Waals surface area contributed by atoms with E-state index in [1.807, 2.05) is 6.07 Å². The Morgan fingerprint density at radius 3 is 2.52 bits per heavy atom. The average molecular weight is 306 g/mol. The maximum Gasteiger partial charge on any atom is 0.179 e. The summed E-state index contributed by atoms with van der Waals surface area (Å²) >= 11 is 0. The van der Waals surface area contributed by atoms with Crippen molar-refractivity contribution in [2.75, 3.05) is 12.3 Å². The van der Waals surface area contributed by atoms with E-state index in [1.54, 1.807) is 12.1 Å². The Bertz CT molecular complexity index is 627. The molecule has 0 amide bonds. The molecule has 0 radical (unpaired) electrons. The summed E-state index contributed by atoms with van der Waals surface area (Å²) in [6, 6.07) is 8.51. The number of hydrogen-bond donors (Lipinski definition) is 1. The van der Waals surface area contributed by atoms with Gasteiger partial charge in [-0.2, -0.15) is 5.26 Å². The molecule has 2 rings (SSSR count). The van der Waals surface area contributed by atoms with Gasteiger partial charge in [-0.25, -0.2) is 8.42 Å². The van der Waals surface area contributed by atoms with Crippen LogP contribution in [0.1, 0.15) is 38.7 Å². The van der Waals surface area contributed by atoms with Crippen LogP contribution in [0, 0.1) is 16.7 Å². The van der Waals surface area contributed by atoms with Gasteiger partial charge in [0.1, 0.15) is 0 Å². The number of sulfone groups is 1. The van der Waals surface area contributed by atoms with E-state index in [4.69, 9.17) is 5.26 Å². The summed E-state index contributed by atoms with van der Waals surface area (Å²) < 4.78 is 24.4. The molecule has 4 nitrogen and oxygen atoms in total. The number of nitrogens with one attached hydrogen (secondary N) is 1. The van der Waals surface area contributed by atoms with Crippen LogP contribution in [0.25, 0.3) is 0 Å². The number of nitrogens with zero attached hydrogens (tertiary/aromatic N) is 1. The molecule has 1 N–H and O–H groups in total. The fourth-order valence-corrected chi connectivity index (χ4v) is 4.04. The average Bonchev–Trinajstić information content (AvgIpc) is 2.78. The predicted octanol–water partition coefficient (Wildman–Crippen LogP) is 2.50. The second-order valence-electron chi connectivity index (χ2n) is 6.51. The van der Waals surface area contributed by atoms with Gasteiger partial charge < -0.3 is 5.32 Å².